The van der Waals surface area contributed by atoms with Gasteiger partial charge >= 0.3 is 5.97 Å². The number of methoxy groups -OCH3 is 1. The molecule has 1 aromatic carbocycles. The number of benzene rings is 1. The second-order valence-electron chi connectivity index (χ2n) is 6.31. The second kappa shape index (κ2) is 6.32. The van der Waals surface area contributed by atoms with Crippen molar-refractivity contribution >= 4 is 17.6 Å². The molecular weight excluding hydrogens is 332 g/mol. The molecule has 2 fully saturated rings. The number of nitro groups is 1. The van der Waals surface area contributed by atoms with Crippen LogP contribution < -0.4 is 4.74 Å². The minimum Gasteiger partial charge on any atom is -0.497 e. The summed E-state index contributed by atoms with van der Waals surface area (Å²) in [6, 6.07) is 3.93. The van der Waals surface area contributed by atoms with Crippen LogP contribution >= 0.6 is 0 Å². The van der Waals surface area contributed by atoms with Gasteiger partial charge in [0.2, 0.25) is 0 Å². The highest BCUT2D eigenvalue weighted by Crippen LogP contribution is 2.43. The third-order valence-corrected chi connectivity index (χ3v) is 5.05. The molecular formula is C16H18N2O7. The van der Waals surface area contributed by atoms with Crippen LogP contribution in [0.15, 0.2) is 18.2 Å². The van der Waals surface area contributed by atoms with Crippen molar-refractivity contribution in [3.8, 4) is 5.75 Å². The Bertz CT molecular complexity index is 735. The van der Waals surface area contributed by atoms with Crippen molar-refractivity contribution < 1.29 is 29.1 Å². The summed E-state index contributed by atoms with van der Waals surface area (Å²) in [4.78, 5) is 36.7. The van der Waals surface area contributed by atoms with Gasteiger partial charge in [-0.2, -0.15) is 0 Å². The van der Waals surface area contributed by atoms with Crippen LogP contribution in [0.4, 0.5) is 5.69 Å². The number of fused-ring (bicyclic) bond motifs is 1. The van der Waals surface area contributed by atoms with E-state index < -0.39 is 22.2 Å². The van der Waals surface area contributed by atoms with E-state index in [1.54, 1.807) is 0 Å². The molecule has 0 saturated carbocycles. The molecule has 0 aliphatic carbocycles. The average Bonchev–Trinajstić information content (AvgIpc) is 3.01. The molecule has 0 spiro atoms. The van der Waals surface area contributed by atoms with Gasteiger partial charge in [-0.1, -0.05) is 0 Å². The number of hydrogen-bond donors (Lipinski definition) is 1. The van der Waals surface area contributed by atoms with Gasteiger partial charge in [-0.15, -0.1) is 0 Å². The first-order valence-electron chi connectivity index (χ1n) is 7.82. The Morgan fingerprint density at radius 3 is 2.84 bits per heavy atom. The molecule has 2 aliphatic rings. The molecule has 1 aromatic rings. The van der Waals surface area contributed by atoms with Gasteiger partial charge in [-0.3, -0.25) is 19.7 Å². The molecule has 3 rings (SSSR count). The van der Waals surface area contributed by atoms with Gasteiger partial charge in [0, 0.05) is 31.7 Å². The van der Waals surface area contributed by atoms with Gasteiger partial charge in [-0.25, -0.2) is 0 Å². The van der Waals surface area contributed by atoms with E-state index in [0.29, 0.717) is 18.8 Å². The van der Waals surface area contributed by atoms with Crippen molar-refractivity contribution in [2.24, 2.45) is 11.3 Å². The van der Waals surface area contributed by atoms with Gasteiger partial charge in [0.15, 0.2) is 0 Å². The number of likely N-dealkylation sites (tertiary alicyclic amines) is 1. The smallest absolute Gasteiger partial charge is 0.311 e. The molecule has 0 radical (unpaired) electrons. The Labute approximate surface area is 143 Å². The van der Waals surface area contributed by atoms with Crippen molar-refractivity contribution in [2.75, 3.05) is 33.4 Å². The molecule has 2 heterocycles. The maximum absolute atomic E-state index is 12.9. The average molecular weight is 350 g/mol. The number of carbonyl (C=O) groups excluding carboxylic acids is 1. The molecule has 2 aliphatic heterocycles. The van der Waals surface area contributed by atoms with Crippen LogP contribution in [0.2, 0.25) is 0 Å². The molecule has 2 atom stereocenters. The fourth-order valence-electron chi connectivity index (χ4n) is 3.60. The Morgan fingerprint density at radius 2 is 2.24 bits per heavy atom. The Hall–Kier alpha value is -2.68. The molecule has 25 heavy (non-hydrogen) atoms. The quantitative estimate of drug-likeness (QED) is 0.639. The van der Waals surface area contributed by atoms with Crippen molar-refractivity contribution in [3.05, 3.63) is 33.9 Å². The number of nitrogens with zero attached hydrogens (tertiary/aromatic N) is 2. The van der Waals surface area contributed by atoms with E-state index in [9.17, 15) is 24.8 Å². The number of nitro benzene ring substituents is 1. The number of carbonyl (C=O) groups is 2. The lowest BCUT2D eigenvalue weighted by molar-refractivity contribution is -0.385. The van der Waals surface area contributed by atoms with E-state index in [1.807, 2.05) is 0 Å². The van der Waals surface area contributed by atoms with Crippen LogP contribution in [-0.2, 0) is 9.53 Å². The zero-order valence-electron chi connectivity index (χ0n) is 13.6. The van der Waals surface area contributed by atoms with Crippen molar-refractivity contribution in [1.29, 1.82) is 0 Å². The first-order valence-corrected chi connectivity index (χ1v) is 7.82. The van der Waals surface area contributed by atoms with Gasteiger partial charge in [0.1, 0.15) is 11.3 Å². The minimum absolute atomic E-state index is 0.0174. The maximum Gasteiger partial charge on any atom is 0.311 e. The number of aliphatic carboxylic acids is 1. The van der Waals surface area contributed by atoms with Crippen molar-refractivity contribution in [2.45, 2.75) is 6.42 Å². The minimum atomic E-state index is -1.05. The third kappa shape index (κ3) is 2.80. The van der Waals surface area contributed by atoms with Gasteiger partial charge in [0.05, 0.1) is 24.1 Å². The normalized spacial score (nSPS) is 25.3. The van der Waals surface area contributed by atoms with E-state index in [1.165, 1.54) is 30.2 Å². The highest BCUT2D eigenvalue weighted by atomic mass is 16.6. The van der Waals surface area contributed by atoms with Gasteiger partial charge < -0.3 is 19.5 Å². The summed E-state index contributed by atoms with van der Waals surface area (Å²) in [6.07, 6.45) is 0.316. The van der Waals surface area contributed by atoms with Crippen LogP contribution in [0.1, 0.15) is 16.8 Å². The number of rotatable bonds is 4. The standard InChI is InChI=1S/C16H18N2O7/c1-24-11-2-3-13(18(22)23)12(6-11)14(19)17-7-10-8-25-5-4-16(10,9-17)15(20)21/h2-3,6,10H,4-5,7-9H2,1H3,(H,20,21)/t10-,16+/m0/s1. The Kier molecular flexibility index (Phi) is 4.34. The largest absolute Gasteiger partial charge is 0.497 e. The predicted molar refractivity (Wildman–Crippen MR) is 84.5 cm³/mol. The lowest BCUT2D eigenvalue weighted by atomic mass is 9.74. The summed E-state index contributed by atoms with van der Waals surface area (Å²) in [5, 5.41) is 20.9. The van der Waals surface area contributed by atoms with E-state index >= 15 is 0 Å². The van der Waals surface area contributed by atoms with Gasteiger partial charge in [-0.05, 0) is 18.6 Å². The van der Waals surface area contributed by atoms with Crippen molar-refractivity contribution in [1.82, 2.24) is 4.90 Å². The fraction of sp³-hybridized carbons (Fsp3) is 0.500. The summed E-state index contributed by atoms with van der Waals surface area (Å²) < 4.78 is 10.4. The Morgan fingerprint density at radius 1 is 1.48 bits per heavy atom. The molecule has 1 N–H and O–H groups in total. The summed E-state index contributed by atoms with van der Waals surface area (Å²) in [6.45, 7) is 0.795. The summed E-state index contributed by atoms with van der Waals surface area (Å²) in [5.41, 5.74) is -1.49. The number of carboxylic acids is 1. The molecule has 134 valence electrons. The van der Waals surface area contributed by atoms with Crippen LogP contribution in [-0.4, -0.2) is 60.2 Å². The molecule has 0 aromatic heterocycles. The predicted octanol–water partition coefficient (Wildman–Crippen LogP) is 1.17. The van der Waals surface area contributed by atoms with Crippen LogP contribution in [0.5, 0.6) is 5.75 Å². The first kappa shape index (κ1) is 17.2. The lowest BCUT2D eigenvalue weighted by Gasteiger charge is -2.33. The van der Waals surface area contributed by atoms with E-state index in [2.05, 4.69) is 0 Å². The Balaban J connectivity index is 1.94. The lowest BCUT2D eigenvalue weighted by Crippen LogP contribution is -2.45. The summed E-state index contributed by atoms with van der Waals surface area (Å²) in [7, 11) is 1.40. The molecule has 0 unspecified atom stereocenters. The third-order valence-electron chi connectivity index (χ3n) is 5.05. The van der Waals surface area contributed by atoms with E-state index in [4.69, 9.17) is 9.47 Å². The van der Waals surface area contributed by atoms with Gasteiger partial charge in [0.25, 0.3) is 11.6 Å². The maximum atomic E-state index is 12.9. The second-order valence-corrected chi connectivity index (χ2v) is 6.31. The molecule has 9 nitrogen and oxygen atoms in total. The molecule has 2 saturated heterocycles. The zero-order chi connectivity index (χ0) is 18.2. The fourth-order valence-corrected chi connectivity index (χ4v) is 3.60. The number of hydrogen-bond acceptors (Lipinski definition) is 6. The number of amides is 1. The van der Waals surface area contributed by atoms with Crippen molar-refractivity contribution in [3.63, 3.8) is 0 Å². The SMILES string of the molecule is COc1ccc([N+](=O)[O-])c(C(=O)N2C[C@H]3COCC[C@@]3(C(=O)O)C2)c1. The van der Waals surface area contributed by atoms with Crippen LogP contribution in [0.25, 0.3) is 0 Å². The van der Waals surface area contributed by atoms with Crippen LogP contribution in [0, 0.1) is 21.4 Å². The topological polar surface area (TPSA) is 119 Å². The van der Waals surface area contributed by atoms with E-state index in [0.717, 1.165) is 0 Å². The first-order chi connectivity index (χ1) is 11.9. The summed E-state index contributed by atoms with van der Waals surface area (Å²) >= 11 is 0. The van der Waals surface area contributed by atoms with Crippen LogP contribution in [0.3, 0.4) is 0 Å². The highest BCUT2D eigenvalue weighted by Gasteiger charge is 2.55. The number of ether oxygens (including phenoxy) is 2. The molecule has 0 bridgehead atoms. The van der Waals surface area contributed by atoms with E-state index in [-0.39, 0.29) is 36.9 Å². The number of carboxylic acid groups (broad SMARTS) is 1. The summed E-state index contributed by atoms with van der Waals surface area (Å²) in [5.74, 6) is -1.54. The highest BCUT2D eigenvalue weighted by molar-refractivity contribution is 5.99. The zero-order valence-corrected chi connectivity index (χ0v) is 13.6. The molecule has 9 heteroatoms. The monoisotopic (exact) mass is 350 g/mol. The molecule has 1 amide bonds.